The van der Waals surface area contributed by atoms with Gasteiger partial charge in [0.05, 0.1) is 24.7 Å². The molecule has 0 spiro atoms. The van der Waals surface area contributed by atoms with Crippen molar-refractivity contribution in [2.24, 2.45) is 0 Å². The molecule has 0 bridgehead atoms. The molecular formula is C26H22N2O6. The zero-order chi connectivity index (χ0) is 24.2. The lowest BCUT2D eigenvalue weighted by Crippen LogP contribution is -2.43. The lowest BCUT2D eigenvalue weighted by atomic mass is 9.95. The first kappa shape index (κ1) is 22.7. The second kappa shape index (κ2) is 9.58. The van der Waals surface area contributed by atoms with E-state index in [1.54, 1.807) is 0 Å². The summed E-state index contributed by atoms with van der Waals surface area (Å²) in [7, 11) is 2.65. The number of nitro groups is 1. The van der Waals surface area contributed by atoms with Crippen molar-refractivity contribution in [2.75, 3.05) is 14.2 Å². The molecule has 1 amide bonds. The Kier molecular flexibility index (Phi) is 6.40. The Morgan fingerprint density at radius 2 is 1.56 bits per heavy atom. The molecule has 0 fully saturated rings. The van der Waals surface area contributed by atoms with Crippen LogP contribution < -0.4 is 10.1 Å². The van der Waals surface area contributed by atoms with E-state index < -0.39 is 22.8 Å². The van der Waals surface area contributed by atoms with Crippen LogP contribution in [-0.4, -0.2) is 37.1 Å². The number of carbonyl (C=O) groups excluding carboxylic acids is 2. The van der Waals surface area contributed by atoms with Crippen molar-refractivity contribution in [3.05, 3.63) is 94.0 Å². The molecule has 0 unspecified atom stereocenters. The number of benzene rings is 4. The minimum atomic E-state index is -1.09. The molecule has 0 saturated carbocycles. The summed E-state index contributed by atoms with van der Waals surface area (Å²) in [6.07, 6.45) is -0.0496. The number of nitrogens with zero attached hydrogens (tertiary/aromatic N) is 1. The molecule has 0 aliphatic rings. The number of methoxy groups -OCH3 is 2. The predicted molar refractivity (Wildman–Crippen MR) is 128 cm³/mol. The number of esters is 1. The van der Waals surface area contributed by atoms with Crippen LogP contribution in [0.1, 0.15) is 15.9 Å². The second-order valence-electron chi connectivity index (χ2n) is 7.70. The van der Waals surface area contributed by atoms with Gasteiger partial charge in [0, 0.05) is 24.1 Å². The van der Waals surface area contributed by atoms with Gasteiger partial charge in [-0.3, -0.25) is 14.9 Å². The molecule has 172 valence electrons. The van der Waals surface area contributed by atoms with Crippen molar-refractivity contribution in [2.45, 2.75) is 12.5 Å². The van der Waals surface area contributed by atoms with Crippen LogP contribution in [0.25, 0.3) is 21.5 Å². The largest absolute Gasteiger partial charge is 0.496 e. The Hall–Kier alpha value is -4.46. The number of hydrogen-bond acceptors (Lipinski definition) is 6. The summed E-state index contributed by atoms with van der Waals surface area (Å²) >= 11 is 0. The lowest BCUT2D eigenvalue weighted by Gasteiger charge is -2.19. The monoisotopic (exact) mass is 458 g/mol. The Labute approximate surface area is 195 Å². The number of ether oxygens (including phenoxy) is 2. The summed E-state index contributed by atoms with van der Waals surface area (Å²) < 4.78 is 10.2. The first-order chi connectivity index (χ1) is 16.4. The first-order valence-corrected chi connectivity index (χ1v) is 10.5. The Morgan fingerprint density at radius 1 is 0.941 bits per heavy atom. The van der Waals surface area contributed by atoms with Gasteiger partial charge in [0.15, 0.2) is 0 Å². The van der Waals surface area contributed by atoms with Gasteiger partial charge in [-0.2, -0.15) is 0 Å². The van der Waals surface area contributed by atoms with Crippen LogP contribution in [0.3, 0.4) is 0 Å². The van der Waals surface area contributed by atoms with Crippen LogP contribution in [-0.2, 0) is 16.0 Å². The zero-order valence-corrected chi connectivity index (χ0v) is 18.6. The topological polar surface area (TPSA) is 108 Å². The highest BCUT2D eigenvalue weighted by Gasteiger charge is 2.26. The molecular weight excluding hydrogens is 436 g/mol. The number of non-ortho nitro benzene ring substituents is 1. The van der Waals surface area contributed by atoms with Crippen LogP contribution in [0.2, 0.25) is 0 Å². The average molecular weight is 458 g/mol. The molecule has 4 rings (SSSR count). The van der Waals surface area contributed by atoms with Gasteiger partial charge in [0.1, 0.15) is 11.8 Å². The van der Waals surface area contributed by atoms with Gasteiger partial charge in [-0.1, -0.05) is 48.5 Å². The van der Waals surface area contributed by atoms with E-state index in [0.29, 0.717) is 16.9 Å². The van der Waals surface area contributed by atoms with E-state index in [-0.39, 0.29) is 12.1 Å². The number of fused-ring (bicyclic) bond motifs is 2. The Morgan fingerprint density at radius 3 is 2.12 bits per heavy atom. The summed E-state index contributed by atoms with van der Waals surface area (Å²) in [6.45, 7) is 0. The minimum Gasteiger partial charge on any atom is -0.496 e. The number of nitro benzene ring substituents is 1. The number of amides is 1. The minimum absolute atomic E-state index is 0.0496. The summed E-state index contributed by atoms with van der Waals surface area (Å²) in [5, 5.41) is 17.3. The maximum absolute atomic E-state index is 13.6. The van der Waals surface area contributed by atoms with Gasteiger partial charge < -0.3 is 14.8 Å². The van der Waals surface area contributed by atoms with Gasteiger partial charge in [-0.05, 0) is 33.7 Å². The van der Waals surface area contributed by atoms with Crippen molar-refractivity contribution in [3.63, 3.8) is 0 Å². The van der Waals surface area contributed by atoms with Gasteiger partial charge in [0.25, 0.3) is 11.6 Å². The van der Waals surface area contributed by atoms with E-state index in [1.165, 1.54) is 32.4 Å². The molecule has 1 N–H and O–H groups in total. The molecule has 0 saturated heterocycles. The van der Waals surface area contributed by atoms with Crippen LogP contribution in [0.4, 0.5) is 5.69 Å². The SMILES string of the molecule is COC(=O)[C@@H](Cc1cc([N+](=O)[O-])ccc1OC)NC(=O)c1c2ccccc2cc2ccccc12. The third kappa shape index (κ3) is 4.38. The third-order valence-corrected chi connectivity index (χ3v) is 5.69. The van der Waals surface area contributed by atoms with Gasteiger partial charge in [-0.15, -0.1) is 0 Å². The summed E-state index contributed by atoms with van der Waals surface area (Å²) in [6, 6.07) is 20.1. The van der Waals surface area contributed by atoms with Gasteiger partial charge in [-0.25, -0.2) is 4.79 Å². The lowest BCUT2D eigenvalue weighted by molar-refractivity contribution is -0.384. The molecule has 0 heterocycles. The quantitative estimate of drug-likeness (QED) is 0.190. The van der Waals surface area contributed by atoms with Crippen molar-refractivity contribution in [1.82, 2.24) is 5.32 Å². The molecule has 0 radical (unpaired) electrons. The molecule has 0 aliphatic heterocycles. The highest BCUT2D eigenvalue weighted by atomic mass is 16.6. The maximum atomic E-state index is 13.6. The maximum Gasteiger partial charge on any atom is 0.328 e. The van der Waals surface area contributed by atoms with E-state index in [2.05, 4.69) is 5.32 Å². The van der Waals surface area contributed by atoms with Crippen LogP contribution >= 0.6 is 0 Å². The van der Waals surface area contributed by atoms with Crippen molar-refractivity contribution >= 4 is 39.1 Å². The zero-order valence-electron chi connectivity index (χ0n) is 18.6. The number of carbonyl (C=O) groups is 2. The average Bonchev–Trinajstić information content (AvgIpc) is 2.86. The molecule has 1 atom stereocenters. The Balaban J connectivity index is 1.76. The molecule has 4 aromatic rings. The van der Waals surface area contributed by atoms with E-state index in [1.807, 2.05) is 54.6 Å². The fraction of sp³-hybridized carbons (Fsp3) is 0.154. The van der Waals surface area contributed by atoms with E-state index in [9.17, 15) is 19.7 Å². The first-order valence-electron chi connectivity index (χ1n) is 10.5. The molecule has 4 aromatic carbocycles. The van der Waals surface area contributed by atoms with E-state index in [0.717, 1.165) is 21.5 Å². The third-order valence-electron chi connectivity index (χ3n) is 5.69. The highest BCUT2D eigenvalue weighted by Crippen LogP contribution is 2.29. The fourth-order valence-electron chi connectivity index (χ4n) is 4.08. The molecule has 0 aromatic heterocycles. The van der Waals surface area contributed by atoms with Gasteiger partial charge >= 0.3 is 5.97 Å². The number of hydrogen-bond donors (Lipinski definition) is 1. The summed E-state index contributed by atoms with van der Waals surface area (Å²) in [4.78, 5) is 36.9. The van der Waals surface area contributed by atoms with Gasteiger partial charge in [0.2, 0.25) is 0 Å². The van der Waals surface area contributed by atoms with E-state index in [4.69, 9.17) is 9.47 Å². The number of rotatable bonds is 7. The van der Waals surface area contributed by atoms with Crippen LogP contribution in [0, 0.1) is 10.1 Å². The van der Waals surface area contributed by atoms with Crippen molar-refractivity contribution in [1.29, 1.82) is 0 Å². The van der Waals surface area contributed by atoms with Crippen molar-refractivity contribution in [3.8, 4) is 5.75 Å². The standard InChI is InChI=1S/C26H22N2O6/c1-33-23-12-11-19(28(31)32)14-18(23)15-22(26(30)34-2)27-25(29)24-20-9-5-3-7-16(20)13-17-8-4-6-10-21(17)24/h3-14,22H,15H2,1-2H3,(H,27,29)/t22-/m1/s1. The van der Waals surface area contributed by atoms with Crippen molar-refractivity contribution < 1.29 is 24.0 Å². The predicted octanol–water partition coefficient (Wildman–Crippen LogP) is 4.42. The normalized spacial score (nSPS) is 11.7. The molecule has 8 heteroatoms. The van der Waals surface area contributed by atoms with Crippen LogP contribution in [0.5, 0.6) is 5.75 Å². The summed E-state index contributed by atoms with van der Waals surface area (Å²) in [5.74, 6) is -0.761. The Bertz CT molecular complexity index is 1360. The molecule has 0 aliphatic carbocycles. The summed E-state index contributed by atoms with van der Waals surface area (Å²) in [5.41, 5.74) is 0.689. The highest BCUT2D eigenvalue weighted by molar-refractivity contribution is 6.18. The smallest absolute Gasteiger partial charge is 0.328 e. The number of nitrogens with one attached hydrogen (secondary N) is 1. The fourth-order valence-corrected chi connectivity index (χ4v) is 4.08. The molecule has 8 nitrogen and oxygen atoms in total. The van der Waals surface area contributed by atoms with E-state index >= 15 is 0 Å². The molecule has 34 heavy (non-hydrogen) atoms. The second-order valence-corrected chi connectivity index (χ2v) is 7.70. The van der Waals surface area contributed by atoms with Crippen LogP contribution in [0.15, 0.2) is 72.8 Å².